The Morgan fingerprint density at radius 2 is 2.00 bits per heavy atom. The molecular formula is C13H17FN2O3. The van der Waals surface area contributed by atoms with E-state index in [9.17, 15) is 14.0 Å². The second-order valence-corrected chi connectivity index (χ2v) is 4.15. The van der Waals surface area contributed by atoms with E-state index in [1.54, 1.807) is 0 Å². The molecule has 1 amide bonds. The average Bonchev–Trinajstić information content (AvgIpc) is 2.34. The third-order valence-corrected chi connectivity index (χ3v) is 2.59. The van der Waals surface area contributed by atoms with E-state index >= 15 is 0 Å². The number of nitrogens with one attached hydrogen (secondary N) is 1. The van der Waals surface area contributed by atoms with Crippen molar-refractivity contribution in [3.05, 3.63) is 29.6 Å². The standard InChI is InChI=1S/C13H17FN2O3/c14-11-8-9(5-6-10(11)13(18)19)16-12(17)4-2-1-3-7-15/h5-6,8H,1-4,7,15H2,(H,16,17)(H,18,19). The highest BCUT2D eigenvalue weighted by molar-refractivity contribution is 5.92. The number of unbranched alkanes of at least 4 members (excludes halogenated alkanes) is 2. The van der Waals surface area contributed by atoms with Gasteiger partial charge in [-0.25, -0.2) is 9.18 Å². The lowest BCUT2D eigenvalue weighted by Gasteiger charge is -2.06. The Labute approximate surface area is 110 Å². The minimum atomic E-state index is -1.34. The molecule has 5 nitrogen and oxygen atoms in total. The minimum Gasteiger partial charge on any atom is -0.478 e. The molecule has 1 aromatic rings. The van der Waals surface area contributed by atoms with Crippen LogP contribution in [0.2, 0.25) is 0 Å². The van der Waals surface area contributed by atoms with Gasteiger partial charge in [-0.05, 0) is 37.6 Å². The molecule has 0 bridgehead atoms. The molecule has 1 aromatic carbocycles. The lowest BCUT2D eigenvalue weighted by Crippen LogP contribution is -2.12. The summed E-state index contributed by atoms with van der Waals surface area (Å²) in [5.74, 6) is -2.43. The largest absolute Gasteiger partial charge is 0.478 e. The van der Waals surface area contributed by atoms with Crippen LogP contribution in [0.4, 0.5) is 10.1 Å². The Morgan fingerprint density at radius 3 is 2.58 bits per heavy atom. The maximum atomic E-state index is 13.4. The van der Waals surface area contributed by atoms with E-state index in [0.717, 1.165) is 31.4 Å². The molecule has 0 aliphatic carbocycles. The molecule has 19 heavy (non-hydrogen) atoms. The van der Waals surface area contributed by atoms with Crippen LogP contribution in [0.1, 0.15) is 36.0 Å². The van der Waals surface area contributed by atoms with E-state index in [1.807, 2.05) is 0 Å². The van der Waals surface area contributed by atoms with Gasteiger partial charge in [0.1, 0.15) is 5.82 Å². The molecule has 104 valence electrons. The first-order valence-corrected chi connectivity index (χ1v) is 6.07. The van der Waals surface area contributed by atoms with E-state index in [0.29, 0.717) is 13.0 Å². The number of hydrogen-bond donors (Lipinski definition) is 3. The Kier molecular flexibility index (Phi) is 5.95. The highest BCUT2D eigenvalue weighted by atomic mass is 19.1. The van der Waals surface area contributed by atoms with Crippen LogP contribution in [0.3, 0.4) is 0 Å². The minimum absolute atomic E-state index is 0.223. The molecular weight excluding hydrogens is 251 g/mol. The average molecular weight is 268 g/mol. The Balaban J connectivity index is 2.51. The van der Waals surface area contributed by atoms with Crippen LogP contribution in [0.25, 0.3) is 0 Å². The van der Waals surface area contributed by atoms with Crippen LogP contribution in [0.5, 0.6) is 0 Å². The predicted molar refractivity (Wildman–Crippen MR) is 69.5 cm³/mol. The molecule has 6 heteroatoms. The number of amides is 1. The van der Waals surface area contributed by atoms with Crippen molar-refractivity contribution >= 4 is 17.6 Å². The second-order valence-electron chi connectivity index (χ2n) is 4.15. The highest BCUT2D eigenvalue weighted by Crippen LogP contribution is 2.15. The van der Waals surface area contributed by atoms with Gasteiger partial charge < -0.3 is 16.2 Å². The first-order chi connectivity index (χ1) is 9.04. The highest BCUT2D eigenvalue weighted by Gasteiger charge is 2.11. The van der Waals surface area contributed by atoms with Crippen LogP contribution >= 0.6 is 0 Å². The number of anilines is 1. The first kappa shape index (κ1) is 15.1. The molecule has 0 aromatic heterocycles. The third kappa shape index (κ3) is 5.05. The van der Waals surface area contributed by atoms with E-state index < -0.39 is 17.3 Å². The van der Waals surface area contributed by atoms with E-state index in [4.69, 9.17) is 10.8 Å². The van der Waals surface area contributed by atoms with Gasteiger partial charge >= 0.3 is 5.97 Å². The van der Waals surface area contributed by atoms with E-state index in [-0.39, 0.29) is 11.6 Å². The molecule has 0 spiro atoms. The van der Waals surface area contributed by atoms with Gasteiger partial charge in [-0.15, -0.1) is 0 Å². The zero-order valence-electron chi connectivity index (χ0n) is 10.5. The summed E-state index contributed by atoms with van der Waals surface area (Å²) >= 11 is 0. The van der Waals surface area contributed by atoms with E-state index in [1.165, 1.54) is 6.07 Å². The predicted octanol–water partition coefficient (Wildman–Crippen LogP) is 1.98. The van der Waals surface area contributed by atoms with Crippen molar-refractivity contribution in [3.8, 4) is 0 Å². The molecule has 0 aliphatic heterocycles. The third-order valence-electron chi connectivity index (χ3n) is 2.59. The summed E-state index contributed by atoms with van der Waals surface area (Å²) in [6, 6.07) is 3.49. The summed E-state index contributed by atoms with van der Waals surface area (Å²) in [4.78, 5) is 22.1. The number of rotatable bonds is 7. The zero-order valence-corrected chi connectivity index (χ0v) is 10.5. The molecule has 0 aliphatic rings. The summed E-state index contributed by atoms with van der Waals surface area (Å²) in [6.07, 6.45) is 2.80. The van der Waals surface area contributed by atoms with Crippen LogP contribution in [0.15, 0.2) is 18.2 Å². The number of aromatic carboxylic acids is 1. The number of carbonyl (C=O) groups is 2. The van der Waals surface area contributed by atoms with Crippen LogP contribution in [-0.2, 0) is 4.79 Å². The fraction of sp³-hybridized carbons (Fsp3) is 0.385. The molecule has 4 N–H and O–H groups in total. The zero-order chi connectivity index (χ0) is 14.3. The molecule has 0 saturated carbocycles. The first-order valence-electron chi connectivity index (χ1n) is 6.07. The maximum Gasteiger partial charge on any atom is 0.338 e. The Morgan fingerprint density at radius 1 is 1.26 bits per heavy atom. The summed E-state index contributed by atoms with van der Waals surface area (Å²) in [5, 5.41) is 11.2. The van der Waals surface area contributed by atoms with E-state index in [2.05, 4.69) is 5.32 Å². The molecule has 1 rings (SSSR count). The summed E-state index contributed by atoms with van der Waals surface area (Å²) in [5.41, 5.74) is 5.17. The second kappa shape index (κ2) is 7.48. The van der Waals surface area contributed by atoms with Gasteiger partial charge in [0.2, 0.25) is 5.91 Å². The molecule has 0 radical (unpaired) electrons. The van der Waals surface area contributed by atoms with Crippen molar-refractivity contribution in [2.75, 3.05) is 11.9 Å². The van der Waals surface area contributed by atoms with Gasteiger partial charge in [0.15, 0.2) is 0 Å². The fourth-order valence-corrected chi connectivity index (χ4v) is 1.60. The normalized spacial score (nSPS) is 10.2. The maximum absolute atomic E-state index is 13.4. The number of carboxylic acids is 1. The van der Waals surface area contributed by atoms with Crippen molar-refractivity contribution in [1.29, 1.82) is 0 Å². The van der Waals surface area contributed by atoms with Gasteiger partial charge in [0.25, 0.3) is 0 Å². The Hall–Kier alpha value is -1.95. The summed E-state index contributed by atoms with van der Waals surface area (Å²) in [7, 11) is 0. The lowest BCUT2D eigenvalue weighted by atomic mass is 10.1. The molecule has 0 fully saturated rings. The smallest absolute Gasteiger partial charge is 0.338 e. The fourth-order valence-electron chi connectivity index (χ4n) is 1.60. The topological polar surface area (TPSA) is 92.4 Å². The van der Waals surface area contributed by atoms with Crippen LogP contribution in [-0.4, -0.2) is 23.5 Å². The lowest BCUT2D eigenvalue weighted by molar-refractivity contribution is -0.116. The van der Waals surface area contributed by atoms with Gasteiger partial charge in [-0.1, -0.05) is 6.42 Å². The van der Waals surface area contributed by atoms with Gasteiger partial charge in [-0.3, -0.25) is 4.79 Å². The number of nitrogens with two attached hydrogens (primary N) is 1. The van der Waals surface area contributed by atoms with Gasteiger partial charge in [0, 0.05) is 12.1 Å². The SMILES string of the molecule is NCCCCCC(=O)Nc1ccc(C(=O)O)c(F)c1. The van der Waals surface area contributed by atoms with Crippen molar-refractivity contribution < 1.29 is 19.1 Å². The number of halogens is 1. The molecule has 0 saturated heterocycles. The van der Waals surface area contributed by atoms with Crippen LogP contribution in [0, 0.1) is 5.82 Å². The Bertz CT molecular complexity index is 463. The quantitative estimate of drug-likeness (QED) is 0.659. The monoisotopic (exact) mass is 268 g/mol. The van der Waals surface area contributed by atoms with Crippen molar-refractivity contribution in [1.82, 2.24) is 0 Å². The molecule has 0 atom stereocenters. The van der Waals surface area contributed by atoms with Crippen molar-refractivity contribution in [2.45, 2.75) is 25.7 Å². The van der Waals surface area contributed by atoms with Gasteiger partial charge in [-0.2, -0.15) is 0 Å². The molecule has 0 heterocycles. The van der Waals surface area contributed by atoms with Crippen LogP contribution < -0.4 is 11.1 Å². The van der Waals surface area contributed by atoms with Crippen molar-refractivity contribution in [2.24, 2.45) is 5.73 Å². The summed E-state index contributed by atoms with van der Waals surface area (Å²) < 4.78 is 13.4. The molecule has 0 unspecified atom stereocenters. The number of hydrogen-bond acceptors (Lipinski definition) is 3. The van der Waals surface area contributed by atoms with Gasteiger partial charge in [0.05, 0.1) is 5.56 Å². The van der Waals surface area contributed by atoms with Crippen molar-refractivity contribution in [3.63, 3.8) is 0 Å². The number of carboxylic acid groups (broad SMARTS) is 1. The summed E-state index contributed by atoms with van der Waals surface area (Å²) in [6.45, 7) is 0.601. The number of carbonyl (C=O) groups excluding carboxylic acids is 1. The number of benzene rings is 1.